The molecular weight excluding hydrogens is 306 g/mol. The summed E-state index contributed by atoms with van der Waals surface area (Å²) < 4.78 is 29.7. The van der Waals surface area contributed by atoms with Crippen LogP contribution in [0.3, 0.4) is 0 Å². The average Bonchev–Trinajstić information content (AvgIpc) is 2.43. The Hall–Kier alpha value is -2.41. The van der Waals surface area contributed by atoms with E-state index in [0.29, 0.717) is 11.1 Å². The summed E-state index contributed by atoms with van der Waals surface area (Å²) in [5.41, 5.74) is 1.61. The SMILES string of the molecule is Cc1ccc(S(=O)(=O)Oc2c(C)cc([N+](=O)[O-])cc2C)cc1. The lowest BCUT2D eigenvalue weighted by Gasteiger charge is -2.12. The molecule has 0 aliphatic carbocycles. The lowest BCUT2D eigenvalue weighted by molar-refractivity contribution is -0.385. The second-order valence-electron chi connectivity index (χ2n) is 5.02. The standard InChI is InChI=1S/C15H15NO5S/c1-10-4-6-14(7-5-10)22(19,20)21-15-11(2)8-13(16(17)18)9-12(15)3/h4-9H,1-3H3. The Kier molecular flexibility index (Phi) is 4.18. The topological polar surface area (TPSA) is 86.5 Å². The van der Waals surface area contributed by atoms with Crippen LogP contribution >= 0.6 is 0 Å². The van der Waals surface area contributed by atoms with Gasteiger partial charge in [0.25, 0.3) is 5.69 Å². The fourth-order valence-corrected chi connectivity index (χ4v) is 3.07. The van der Waals surface area contributed by atoms with Crippen molar-refractivity contribution in [1.82, 2.24) is 0 Å². The summed E-state index contributed by atoms with van der Waals surface area (Å²) in [6, 6.07) is 8.83. The third kappa shape index (κ3) is 3.25. The first-order valence-corrected chi connectivity index (χ1v) is 7.88. The minimum Gasteiger partial charge on any atom is -0.378 e. The van der Waals surface area contributed by atoms with Crippen LogP contribution in [0.25, 0.3) is 0 Å². The summed E-state index contributed by atoms with van der Waals surface area (Å²) in [5, 5.41) is 10.8. The number of aryl methyl sites for hydroxylation is 3. The molecule has 116 valence electrons. The molecule has 7 heteroatoms. The van der Waals surface area contributed by atoms with E-state index in [1.165, 1.54) is 24.3 Å². The van der Waals surface area contributed by atoms with Crippen molar-refractivity contribution in [2.75, 3.05) is 0 Å². The van der Waals surface area contributed by atoms with Gasteiger partial charge in [0.2, 0.25) is 0 Å². The summed E-state index contributed by atoms with van der Waals surface area (Å²) in [6.45, 7) is 4.99. The number of hydrogen-bond donors (Lipinski definition) is 0. The summed E-state index contributed by atoms with van der Waals surface area (Å²) >= 11 is 0. The van der Waals surface area contributed by atoms with Crippen LogP contribution in [0.1, 0.15) is 16.7 Å². The first-order valence-electron chi connectivity index (χ1n) is 6.47. The van der Waals surface area contributed by atoms with Crippen molar-refractivity contribution in [2.24, 2.45) is 0 Å². The Balaban J connectivity index is 2.42. The van der Waals surface area contributed by atoms with Gasteiger partial charge < -0.3 is 4.18 Å². The van der Waals surface area contributed by atoms with E-state index in [2.05, 4.69) is 0 Å². The molecule has 0 N–H and O–H groups in total. The number of hydrogen-bond acceptors (Lipinski definition) is 5. The second-order valence-corrected chi connectivity index (χ2v) is 6.56. The summed E-state index contributed by atoms with van der Waals surface area (Å²) in [5.74, 6) is 0.117. The number of rotatable bonds is 4. The second kappa shape index (κ2) is 5.76. The maximum atomic E-state index is 12.3. The molecule has 0 bridgehead atoms. The van der Waals surface area contributed by atoms with Gasteiger partial charge in [0.1, 0.15) is 10.6 Å². The minimum absolute atomic E-state index is 0.0373. The highest BCUT2D eigenvalue weighted by Crippen LogP contribution is 2.30. The van der Waals surface area contributed by atoms with E-state index in [0.717, 1.165) is 5.56 Å². The molecule has 0 atom stereocenters. The van der Waals surface area contributed by atoms with Gasteiger partial charge >= 0.3 is 10.1 Å². The average molecular weight is 321 g/mol. The van der Waals surface area contributed by atoms with Gasteiger partial charge in [0, 0.05) is 12.1 Å². The maximum Gasteiger partial charge on any atom is 0.339 e. The van der Waals surface area contributed by atoms with Gasteiger partial charge in [-0.15, -0.1) is 0 Å². The number of nitrogens with zero attached hydrogens (tertiary/aromatic N) is 1. The molecule has 0 radical (unpaired) electrons. The number of nitro benzene ring substituents is 1. The zero-order valence-corrected chi connectivity index (χ0v) is 13.2. The zero-order chi connectivity index (χ0) is 16.5. The van der Waals surface area contributed by atoms with Crippen LogP contribution in [0.15, 0.2) is 41.3 Å². The van der Waals surface area contributed by atoms with Crippen molar-refractivity contribution >= 4 is 15.8 Å². The highest BCUT2D eigenvalue weighted by atomic mass is 32.2. The van der Waals surface area contributed by atoms with E-state index in [9.17, 15) is 18.5 Å². The lowest BCUT2D eigenvalue weighted by atomic mass is 10.1. The van der Waals surface area contributed by atoms with Crippen molar-refractivity contribution in [3.8, 4) is 5.75 Å². The van der Waals surface area contributed by atoms with E-state index in [1.54, 1.807) is 26.0 Å². The van der Waals surface area contributed by atoms with Gasteiger partial charge in [0.15, 0.2) is 0 Å². The van der Waals surface area contributed by atoms with Gasteiger partial charge in [0.05, 0.1) is 4.92 Å². The van der Waals surface area contributed by atoms with E-state index in [4.69, 9.17) is 4.18 Å². The number of nitro groups is 1. The molecule has 0 saturated carbocycles. The van der Waals surface area contributed by atoms with Crippen LogP contribution in [-0.2, 0) is 10.1 Å². The van der Waals surface area contributed by atoms with Crippen LogP contribution in [0.5, 0.6) is 5.75 Å². The molecule has 0 unspecified atom stereocenters. The highest BCUT2D eigenvalue weighted by molar-refractivity contribution is 7.87. The van der Waals surface area contributed by atoms with Crippen molar-refractivity contribution in [3.63, 3.8) is 0 Å². The predicted octanol–water partition coefficient (Wildman–Crippen LogP) is 3.29. The van der Waals surface area contributed by atoms with E-state index >= 15 is 0 Å². The quantitative estimate of drug-likeness (QED) is 0.490. The third-order valence-corrected chi connectivity index (χ3v) is 4.39. The maximum absolute atomic E-state index is 12.3. The Morgan fingerprint density at radius 2 is 1.50 bits per heavy atom. The van der Waals surface area contributed by atoms with Crippen LogP contribution in [0, 0.1) is 30.9 Å². The van der Waals surface area contributed by atoms with Crippen LogP contribution < -0.4 is 4.18 Å². The molecule has 2 aromatic rings. The van der Waals surface area contributed by atoms with Crippen molar-refractivity contribution in [2.45, 2.75) is 25.7 Å². The summed E-state index contributed by atoms with van der Waals surface area (Å²) in [6.07, 6.45) is 0. The normalized spacial score (nSPS) is 11.2. The van der Waals surface area contributed by atoms with Crippen LogP contribution in [0.4, 0.5) is 5.69 Å². The Labute approximate surface area is 128 Å². The fraction of sp³-hybridized carbons (Fsp3) is 0.200. The highest BCUT2D eigenvalue weighted by Gasteiger charge is 2.21. The molecule has 0 aliphatic heterocycles. The van der Waals surface area contributed by atoms with Crippen LogP contribution in [0.2, 0.25) is 0 Å². The Morgan fingerprint density at radius 3 is 1.95 bits per heavy atom. The summed E-state index contributed by atoms with van der Waals surface area (Å²) in [7, 11) is -3.98. The van der Waals surface area contributed by atoms with Gasteiger partial charge in [-0.1, -0.05) is 17.7 Å². The van der Waals surface area contributed by atoms with E-state index < -0.39 is 15.0 Å². The minimum atomic E-state index is -3.98. The van der Waals surface area contributed by atoms with Crippen molar-refractivity contribution < 1.29 is 17.5 Å². The monoisotopic (exact) mass is 321 g/mol. The van der Waals surface area contributed by atoms with Crippen molar-refractivity contribution in [1.29, 1.82) is 0 Å². The van der Waals surface area contributed by atoms with Crippen molar-refractivity contribution in [3.05, 3.63) is 63.2 Å². The molecule has 0 spiro atoms. The smallest absolute Gasteiger partial charge is 0.339 e. The number of benzene rings is 2. The Morgan fingerprint density at radius 1 is 1.00 bits per heavy atom. The van der Waals surface area contributed by atoms with Gasteiger partial charge in [-0.3, -0.25) is 10.1 Å². The molecular formula is C15H15NO5S. The molecule has 0 heterocycles. The van der Waals surface area contributed by atoms with Crippen LogP contribution in [-0.4, -0.2) is 13.3 Å². The molecule has 2 aromatic carbocycles. The van der Waals surface area contributed by atoms with Gasteiger partial charge in [-0.25, -0.2) is 0 Å². The van der Waals surface area contributed by atoms with E-state index in [1.807, 2.05) is 6.92 Å². The molecule has 2 rings (SSSR count). The predicted molar refractivity (Wildman–Crippen MR) is 81.6 cm³/mol. The molecule has 0 amide bonds. The molecule has 0 saturated heterocycles. The van der Waals surface area contributed by atoms with Gasteiger partial charge in [-0.2, -0.15) is 8.42 Å². The number of non-ortho nitro benzene ring substituents is 1. The molecule has 22 heavy (non-hydrogen) atoms. The lowest BCUT2D eigenvalue weighted by Crippen LogP contribution is -2.11. The molecule has 6 nitrogen and oxygen atoms in total. The largest absolute Gasteiger partial charge is 0.378 e. The first-order chi connectivity index (χ1) is 10.2. The molecule has 0 fully saturated rings. The summed E-state index contributed by atoms with van der Waals surface area (Å²) in [4.78, 5) is 10.3. The fourth-order valence-electron chi connectivity index (χ4n) is 2.03. The zero-order valence-electron chi connectivity index (χ0n) is 12.4. The molecule has 0 aromatic heterocycles. The van der Waals surface area contributed by atoms with Gasteiger partial charge in [-0.05, 0) is 44.0 Å². The first kappa shape index (κ1) is 16.0. The van der Waals surface area contributed by atoms with E-state index in [-0.39, 0.29) is 16.3 Å². The molecule has 0 aliphatic rings. The Bertz CT molecular complexity index is 803. The third-order valence-electron chi connectivity index (χ3n) is 3.16.